The average molecular weight is 369 g/mol. The van der Waals surface area contributed by atoms with E-state index in [0.29, 0.717) is 17.6 Å². The Hall–Kier alpha value is -2.04. The van der Waals surface area contributed by atoms with E-state index in [1.54, 1.807) is 13.2 Å². The van der Waals surface area contributed by atoms with E-state index in [4.69, 9.17) is 4.74 Å². The highest BCUT2D eigenvalue weighted by molar-refractivity contribution is 5.31. The third-order valence-corrected chi connectivity index (χ3v) is 5.59. The molecule has 2 saturated heterocycles. The van der Waals surface area contributed by atoms with E-state index < -0.39 is 0 Å². The summed E-state index contributed by atoms with van der Waals surface area (Å²) in [7, 11) is 1.72. The van der Waals surface area contributed by atoms with E-state index in [1.807, 2.05) is 18.2 Å². The summed E-state index contributed by atoms with van der Waals surface area (Å²) in [6.45, 7) is 4.48. The Balaban J connectivity index is 0.000000156. The first kappa shape index (κ1) is 19.7. The SMILES string of the molecule is COc1cccc(C2CCNCC2)c1.Oc1cccc(C2CCNCC2)c1. The molecule has 2 aromatic rings. The number of hydrogen-bond donors (Lipinski definition) is 3. The molecule has 0 spiro atoms. The Labute approximate surface area is 163 Å². The van der Waals surface area contributed by atoms with Gasteiger partial charge in [0, 0.05) is 0 Å². The standard InChI is InChI=1S/C12H17NO.C11H15NO/c1-14-12-4-2-3-11(9-12)10-5-7-13-8-6-10;13-11-3-1-2-10(8-11)9-4-6-12-7-5-9/h2-4,9-10,13H,5-8H2,1H3;1-3,8-9,12-13H,4-7H2. The lowest BCUT2D eigenvalue weighted by atomic mass is 9.90. The van der Waals surface area contributed by atoms with Crippen molar-refractivity contribution in [2.45, 2.75) is 37.5 Å². The molecular weight excluding hydrogens is 336 g/mol. The quantitative estimate of drug-likeness (QED) is 0.766. The van der Waals surface area contributed by atoms with Crippen LogP contribution >= 0.6 is 0 Å². The Morgan fingerprint density at radius 1 is 0.778 bits per heavy atom. The second-order valence-corrected chi connectivity index (χ2v) is 7.42. The number of aromatic hydroxyl groups is 1. The fraction of sp³-hybridized carbons (Fsp3) is 0.478. The summed E-state index contributed by atoms with van der Waals surface area (Å²) < 4.78 is 5.23. The molecule has 0 saturated carbocycles. The molecule has 2 fully saturated rings. The third kappa shape index (κ3) is 5.98. The van der Waals surface area contributed by atoms with Gasteiger partial charge < -0.3 is 20.5 Å². The van der Waals surface area contributed by atoms with Crippen LogP contribution in [0.3, 0.4) is 0 Å². The zero-order valence-electron chi connectivity index (χ0n) is 16.3. The van der Waals surface area contributed by atoms with Crippen molar-refractivity contribution in [2.24, 2.45) is 0 Å². The predicted molar refractivity (Wildman–Crippen MR) is 111 cm³/mol. The molecule has 2 heterocycles. The number of ether oxygens (including phenoxy) is 1. The maximum Gasteiger partial charge on any atom is 0.119 e. The van der Waals surface area contributed by atoms with Crippen molar-refractivity contribution in [3.8, 4) is 11.5 Å². The fourth-order valence-corrected chi connectivity index (χ4v) is 3.98. The molecule has 146 valence electrons. The normalized spacial score (nSPS) is 18.4. The van der Waals surface area contributed by atoms with E-state index in [9.17, 15) is 5.11 Å². The van der Waals surface area contributed by atoms with E-state index >= 15 is 0 Å². The largest absolute Gasteiger partial charge is 0.508 e. The molecule has 2 aromatic carbocycles. The molecule has 0 radical (unpaired) electrons. The summed E-state index contributed by atoms with van der Waals surface area (Å²) in [5.74, 6) is 2.71. The number of phenols is 1. The summed E-state index contributed by atoms with van der Waals surface area (Å²) in [5.41, 5.74) is 2.70. The Kier molecular flexibility index (Phi) is 7.55. The lowest BCUT2D eigenvalue weighted by molar-refractivity contribution is 0.411. The van der Waals surface area contributed by atoms with Crippen LogP contribution in [0.15, 0.2) is 48.5 Å². The van der Waals surface area contributed by atoms with Crippen LogP contribution < -0.4 is 15.4 Å². The molecular formula is C23H32N2O2. The van der Waals surface area contributed by atoms with Crippen LogP contribution in [0.4, 0.5) is 0 Å². The molecule has 4 rings (SSSR count). The van der Waals surface area contributed by atoms with Crippen LogP contribution in [0.5, 0.6) is 11.5 Å². The average Bonchev–Trinajstić information content (AvgIpc) is 2.75. The van der Waals surface area contributed by atoms with Crippen LogP contribution in [0.25, 0.3) is 0 Å². The van der Waals surface area contributed by atoms with Gasteiger partial charge in [-0.05, 0) is 99.1 Å². The van der Waals surface area contributed by atoms with Gasteiger partial charge in [0.15, 0.2) is 0 Å². The van der Waals surface area contributed by atoms with E-state index in [2.05, 4.69) is 34.9 Å². The second kappa shape index (κ2) is 10.3. The number of benzene rings is 2. The van der Waals surface area contributed by atoms with E-state index in [-0.39, 0.29) is 0 Å². The van der Waals surface area contributed by atoms with Crippen LogP contribution in [-0.4, -0.2) is 38.4 Å². The molecule has 4 heteroatoms. The first-order valence-corrected chi connectivity index (χ1v) is 10.1. The maximum absolute atomic E-state index is 9.33. The summed E-state index contributed by atoms with van der Waals surface area (Å²) in [4.78, 5) is 0. The first-order chi connectivity index (χ1) is 13.3. The summed E-state index contributed by atoms with van der Waals surface area (Å²) in [6, 6.07) is 16.1. The molecule has 2 aliphatic heterocycles. The highest BCUT2D eigenvalue weighted by Gasteiger charge is 2.15. The molecule has 3 N–H and O–H groups in total. The minimum atomic E-state index is 0.385. The highest BCUT2D eigenvalue weighted by atomic mass is 16.5. The number of nitrogens with one attached hydrogen (secondary N) is 2. The monoisotopic (exact) mass is 368 g/mol. The van der Waals surface area contributed by atoms with Gasteiger partial charge in [0.05, 0.1) is 7.11 Å². The van der Waals surface area contributed by atoms with Crippen molar-refractivity contribution >= 4 is 0 Å². The van der Waals surface area contributed by atoms with Crippen LogP contribution in [0.2, 0.25) is 0 Å². The van der Waals surface area contributed by atoms with Crippen molar-refractivity contribution < 1.29 is 9.84 Å². The Morgan fingerprint density at radius 2 is 1.30 bits per heavy atom. The Bertz CT molecular complexity index is 692. The van der Waals surface area contributed by atoms with Gasteiger partial charge in [-0.1, -0.05) is 24.3 Å². The van der Waals surface area contributed by atoms with Crippen LogP contribution in [0, 0.1) is 0 Å². The molecule has 0 aromatic heterocycles. The highest BCUT2D eigenvalue weighted by Crippen LogP contribution is 2.28. The number of methoxy groups -OCH3 is 1. The molecule has 4 nitrogen and oxygen atoms in total. The van der Waals surface area contributed by atoms with Gasteiger partial charge in [-0.2, -0.15) is 0 Å². The van der Waals surface area contributed by atoms with Crippen molar-refractivity contribution in [3.63, 3.8) is 0 Å². The van der Waals surface area contributed by atoms with Gasteiger partial charge in [0.25, 0.3) is 0 Å². The van der Waals surface area contributed by atoms with Crippen LogP contribution in [-0.2, 0) is 0 Å². The number of rotatable bonds is 3. The minimum absolute atomic E-state index is 0.385. The van der Waals surface area contributed by atoms with Gasteiger partial charge >= 0.3 is 0 Å². The Morgan fingerprint density at radius 3 is 1.81 bits per heavy atom. The predicted octanol–water partition coefficient (Wildman–Crippen LogP) is 4.02. The lowest BCUT2D eigenvalue weighted by Gasteiger charge is -2.23. The van der Waals surface area contributed by atoms with Crippen LogP contribution in [0.1, 0.15) is 48.6 Å². The lowest BCUT2D eigenvalue weighted by Crippen LogP contribution is -2.26. The fourth-order valence-electron chi connectivity index (χ4n) is 3.98. The van der Waals surface area contributed by atoms with Crippen molar-refractivity contribution in [2.75, 3.05) is 33.3 Å². The first-order valence-electron chi connectivity index (χ1n) is 10.1. The summed E-state index contributed by atoms with van der Waals surface area (Å²) in [5, 5.41) is 16.0. The van der Waals surface area contributed by atoms with Crippen molar-refractivity contribution in [1.29, 1.82) is 0 Å². The van der Waals surface area contributed by atoms with Gasteiger partial charge in [0.1, 0.15) is 11.5 Å². The summed E-state index contributed by atoms with van der Waals surface area (Å²) in [6.07, 6.45) is 4.85. The molecule has 0 amide bonds. The number of piperidine rings is 2. The molecule has 0 unspecified atom stereocenters. The second-order valence-electron chi connectivity index (χ2n) is 7.42. The zero-order chi connectivity index (χ0) is 18.9. The van der Waals surface area contributed by atoms with Crippen molar-refractivity contribution in [3.05, 3.63) is 59.7 Å². The topological polar surface area (TPSA) is 53.5 Å². The number of hydrogen-bond acceptors (Lipinski definition) is 4. The molecule has 2 aliphatic rings. The van der Waals surface area contributed by atoms with E-state index in [0.717, 1.165) is 31.9 Å². The molecule has 27 heavy (non-hydrogen) atoms. The molecule has 0 bridgehead atoms. The maximum atomic E-state index is 9.33. The van der Waals surface area contributed by atoms with Gasteiger partial charge in [0.2, 0.25) is 0 Å². The zero-order valence-corrected chi connectivity index (χ0v) is 16.3. The molecule has 0 aliphatic carbocycles. The van der Waals surface area contributed by atoms with Gasteiger partial charge in [-0.15, -0.1) is 0 Å². The number of phenolic OH excluding ortho intramolecular Hbond substituents is 1. The van der Waals surface area contributed by atoms with E-state index in [1.165, 1.54) is 36.8 Å². The van der Waals surface area contributed by atoms with Gasteiger partial charge in [-0.3, -0.25) is 0 Å². The smallest absolute Gasteiger partial charge is 0.119 e. The molecule has 0 atom stereocenters. The van der Waals surface area contributed by atoms with Gasteiger partial charge in [-0.25, -0.2) is 0 Å². The summed E-state index contributed by atoms with van der Waals surface area (Å²) >= 11 is 0. The third-order valence-electron chi connectivity index (χ3n) is 5.59. The minimum Gasteiger partial charge on any atom is -0.508 e. The van der Waals surface area contributed by atoms with Crippen molar-refractivity contribution in [1.82, 2.24) is 10.6 Å².